The van der Waals surface area contributed by atoms with Gasteiger partial charge >= 0.3 is 0 Å². The van der Waals surface area contributed by atoms with Crippen LogP contribution in [-0.4, -0.2) is 37.2 Å². The van der Waals surface area contributed by atoms with Crippen molar-refractivity contribution in [2.75, 3.05) is 5.75 Å². The highest BCUT2D eigenvalue weighted by molar-refractivity contribution is 7.99. The van der Waals surface area contributed by atoms with Crippen LogP contribution in [0.2, 0.25) is 0 Å². The van der Waals surface area contributed by atoms with Gasteiger partial charge in [-0.15, -0.1) is 0 Å². The first kappa shape index (κ1) is 20.1. The number of hydrogen-bond acceptors (Lipinski definition) is 4. The van der Waals surface area contributed by atoms with E-state index in [-0.39, 0.29) is 16.9 Å². The van der Waals surface area contributed by atoms with Crippen molar-refractivity contribution in [2.45, 2.75) is 82.1 Å². The Morgan fingerprint density at radius 2 is 1.93 bits per heavy atom. The summed E-state index contributed by atoms with van der Waals surface area (Å²) in [5.41, 5.74) is 1.21. The molecular weight excluding hydrogens is 380 g/mol. The fraction of sp³-hybridized carbons (Fsp3) is 0.792. The maximum Gasteiger partial charge on any atom is 0.167 e. The molecule has 0 radical (unpaired) electrons. The number of aromatic nitrogens is 2. The Hall–Kier alpha value is -0.780. The Morgan fingerprint density at radius 1 is 1.14 bits per heavy atom. The van der Waals surface area contributed by atoms with E-state index in [9.17, 15) is 10.2 Å². The third kappa shape index (κ3) is 2.90. The van der Waals surface area contributed by atoms with Crippen LogP contribution >= 0.6 is 11.8 Å². The van der Waals surface area contributed by atoms with Crippen molar-refractivity contribution in [3.8, 4) is 0 Å². The molecule has 1 aromatic rings. The molecule has 160 valence electrons. The summed E-state index contributed by atoms with van der Waals surface area (Å²) in [6.45, 7) is 4.86. The molecule has 3 fully saturated rings. The van der Waals surface area contributed by atoms with Gasteiger partial charge < -0.3 is 14.8 Å². The third-order valence-electron chi connectivity index (χ3n) is 9.63. The summed E-state index contributed by atoms with van der Waals surface area (Å²) in [4.78, 5) is 4.45. The minimum atomic E-state index is -0.598. The molecule has 0 unspecified atom stereocenters. The summed E-state index contributed by atoms with van der Waals surface area (Å²) in [7, 11) is 2.03. The zero-order valence-electron chi connectivity index (χ0n) is 18.1. The van der Waals surface area contributed by atoms with E-state index in [1.165, 1.54) is 18.4 Å². The Kier molecular flexibility index (Phi) is 4.77. The van der Waals surface area contributed by atoms with Crippen molar-refractivity contribution in [1.29, 1.82) is 0 Å². The van der Waals surface area contributed by atoms with E-state index in [4.69, 9.17) is 0 Å². The average Bonchev–Trinajstić information content (AvgIpc) is 3.22. The van der Waals surface area contributed by atoms with Gasteiger partial charge in [-0.05, 0) is 74.5 Å². The number of fused-ring (bicyclic) bond motifs is 5. The molecule has 4 aliphatic carbocycles. The molecule has 1 aromatic heterocycles. The monoisotopic (exact) mass is 416 g/mol. The lowest BCUT2D eigenvalue weighted by Gasteiger charge is -2.59. The average molecular weight is 417 g/mol. The highest BCUT2D eigenvalue weighted by Crippen LogP contribution is 2.68. The van der Waals surface area contributed by atoms with Crippen molar-refractivity contribution in [2.24, 2.45) is 35.6 Å². The van der Waals surface area contributed by atoms with Crippen LogP contribution in [0.1, 0.15) is 65.2 Å². The molecule has 2 N–H and O–H groups in total. The van der Waals surface area contributed by atoms with Crippen molar-refractivity contribution in [3.63, 3.8) is 0 Å². The van der Waals surface area contributed by atoms with Crippen molar-refractivity contribution in [3.05, 3.63) is 24.0 Å². The molecule has 5 rings (SSSR count). The van der Waals surface area contributed by atoms with Crippen LogP contribution in [0.4, 0.5) is 0 Å². The minimum absolute atomic E-state index is 0.0120. The third-order valence-corrected chi connectivity index (χ3v) is 10.9. The van der Waals surface area contributed by atoms with Crippen LogP contribution in [0, 0.1) is 28.6 Å². The number of rotatable bonds is 3. The molecule has 1 heterocycles. The largest absolute Gasteiger partial charge is 0.389 e. The number of imidazole rings is 1. The van der Waals surface area contributed by atoms with E-state index < -0.39 is 5.60 Å². The maximum absolute atomic E-state index is 11.9. The van der Waals surface area contributed by atoms with Gasteiger partial charge in [-0.25, -0.2) is 4.98 Å². The first-order valence-corrected chi connectivity index (χ1v) is 12.5. The zero-order chi connectivity index (χ0) is 20.4. The van der Waals surface area contributed by atoms with Crippen LogP contribution < -0.4 is 0 Å². The normalized spacial score (nSPS) is 46.6. The summed E-state index contributed by atoms with van der Waals surface area (Å²) in [5, 5.41) is 23.0. The molecule has 29 heavy (non-hydrogen) atoms. The number of aryl methyl sites for hydroxylation is 1. The van der Waals surface area contributed by atoms with Gasteiger partial charge in [0.15, 0.2) is 5.16 Å². The second kappa shape index (κ2) is 6.86. The van der Waals surface area contributed by atoms with Gasteiger partial charge in [0.1, 0.15) is 0 Å². The number of hydrogen-bond donors (Lipinski definition) is 2. The number of aliphatic hydroxyl groups is 2. The van der Waals surface area contributed by atoms with Gasteiger partial charge in [-0.1, -0.05) is 37.3 Å². The number of allylic oxidation sites excluding steroid dienone is 1. The van der Waals surface area contributed by atoms with Crippen LogP contribution in [0.3, 0.4) is 0 Å². The summed E-state index contributed by atoms with van der Waals surface area (Å²) >= 11 is 1.72. The van der Waals surface area contributed by atoms with Crippen LogP contribution in [-0.2, 0) is 7.05 Å². The highest BCUT2D eigenvalue weighted by Gasteiger charge is 2.63. The molecule has 3 saturated carbocycles. The number of aliphatic hydroxyl groups excluding tert-OH is 1. The molecule has 0 amide bonds. The van der Waals surface area contributed by atoms with Gasteiger partial charge in [0.25, 0.3) is 0 Å². The van der Waals surface area contributed by atoms with Crippen molar-refractivity contribution >= 4 is 11.8 Å². The molecule has 4 aliphatic rings. The zero-order valence-corrected chi connectivity index (χ0v) is 18.9. The van der Waals surface area contributed by atoms with Gasteiger partial charge in [0.2, 0.25) is 0 Å². The lowest BCUT2D eigenvalue weighted by Crippen LogP contribution is -2.55. The molecule has 0 bridgehead atoms. The molecule has 0 aromatic carbocycles. The van der Waals surface area contributed by atoms with Gasteiger partial charge in [0.05, 0.1) is 11.7 Å². The fourth-order valence-electron chi connectivity index (χ4n) is 7.73. The first-order chi connectivity index (χ1) is 13.8. The molecule has 0 aliphatic heterocycles. The molecule has 4 nitrogen and oxygen atoms in total. The number of nitrogens with zero attached hydrogens (tertiary/aromatic N) is 2. The Labute approximate surface area is 179 Å². The van der Waals surface area contributed by atoms with E-state index in [0.29, 0.717) is 5.92 Å². The summed E-state index contributed by atoms with van der Waals surface area (Å²) in [5.74, 6) is 2.81. The van der Waals surface area contributed by atoms with Crippen LogP contribution in [0.15, 0.2) is 29.2 Å². The lowest BCUT2D eigenvalue weighted by atomic mass is 9.46. The Bertz CT molecular complexity index is 822. The topological polar surface area (TPSA) is 58.3 Å². The van der Waals surface area contributed by atoms with Gasteiger partial charge in [-0.2, -0.15) is 0 Å². The number of thioether (sulfide) groups is 1. The highest BCUT2D eigenvalue weighted by atomic mass is 32.2. The van der Waals surface area contributed by atoms with Crippen LogP contribution in [0.25, 0.3) is 0 Å². The second-order valence-corrected chi connectivity index (χ2v) is 11.7. The molecule has 5 heteroatoms. The quantitative estimate of drug-likeness (QED) is 0.560. The van der Waals surface area contributed by atoms with E-state index >= 15 is 0 Å². The maximum atomic E-state index is 11.9. The van der Waals surface area contributed by atoms with E-state index in [1.54, 1.807) is 11.8 Å². The Balaban J connectivity index is 1.38. The van der Waals surface area contributed by atoms with E-state index in [2.05, 4.69) is 24.9 Å². The smallest absolute Gasteiger partial charge is 0.167 e. The van der Waals surface area contributed by atoms with Crippen molar-refractivity contribution in [1.82, 2.24) is 9.55 Å². The minimum Gasteiger partial charge on any atom is -0.389 e. The Morgan fingerprint density at radius 3 is 2.69 bits per heavy atom. The second-order valence-electron chi connectivity index (χ2n) is 10.8. The fourth-order valence-corrected chi connectivity index (χ4v) is 8.97. The van der Waals surface area contributed by atoms with Gasteiger partial charge in [0, 0.05) is 30.6 Å². The summed E-state index contributed by atoms with van der Waals surface area (Å²) < 4.78 is 2.05. The predicted molar refractivity (Wildman–Crippen MR) is 117 cm³/mol. The van der Waals surface area contributed by atoms with E-state index in [1.807, 2.05) is 24.0 Å². The van der Waals surface area contributed by atoms with E-state index in [0.717, 1.165) is 61.3 Å². The molecular formula is C24H36N2O2S. The predicted octanol–water partition coefficient (Wildman–Crippen LogP) is 4.57. The summed E-state index contributed by atoms with van der Waals surface area (Å²) in [6.07, 6.45) is 14.6. The van der Waals surface area contributed by atoms with Crippen molar-refractivity contribution < 1.29 is 10.2 Å². The SMILES string of the molecule is Cn1ccnc1SC[C@]1(O)CC[C@H]2[C@@H]3CCC4=C[C@H](O)CC[C@]4(C)[C@H]3CC[C@@]21C. The molecule has 7 atom stereocenters. The molecule has 0 saturated heterocycles. The molecule has 0 spiro atoms. The first-order valence-electron chi connectivity index (χ1n) is 11.5. The standard InChI is InChI=1S/C24H36N2O2S/c1-22-9-6-17(27)14-16(22)4-5-18-19(22)7-10-23(2)20(18)8-11-24(23,28)15-29-21-25-12-13-26(21)3/h12-14,17-20,27-28H,4-11,15H2,1-3H3/t17-,18-,19+,20+,22+,23+,24-/m1/s1. The lowest BCUT2D eigenvalue weighted by molar-refractivity contribution is -0.116. The van der Waals surface area contributed by atoms with Gasteiger partial charge in [-0.3, -0.25) is 0 Å². The van der Waals surface area contributed by atoms with Crippen LogP contribution in [0.5, 0.6) is 0 Å². The summed E-state index contributed by atoms with van der Waals surface area (Å²) in [6, 6.07) is 0.